The number of hydrogen-bond donors (Lipinski definition) is 0. The highest BCUT2D eigenvalue weighted by molar-refractivity contribution is 6.99. The van der Waals surface area contributed by atoms with Crippen molar-refractivity contribution in [3.63, 3.8) is 0 Å². The Hall–Kier alpha value is -3.17. The Morgan fingerprint density at radius 2 is 1.55 bits per heavy atom. The van der Waals surface area contributed by atoms with Crippen molar-refractivity contribution in [2.75, 3.05) is 20.3 Å². The molecule has 0 bridgehead atoms. The first-order valence-corrected chi connectivity index (χ1v) is 15.0. The van der Waals surface area contributed by atoms with Crippen LogP contribution in [-0.4, -0.2) is 40.7 Å². The molecule has 0 spiro atoms. The number of benzene rings is 2. The van der Waals surface area contributed by atoms with Gasteiger partial charge in [0.25, 0.3) is 8.32 Å². The zero-order valence-electron chi connectivity index (χ0n) is 23.9. The van der Waals surface area contributed by atoms with E-state index in [0.717, 1.165) is 5.57 Å². The second-order valence-corrected chi connectivity index (χ2v) is 14.4. The zero-order valence-corrected chi connectivity index (χ0v) is 24.9. The Labute approximate surface area is 230 Å². The third-order valence-corrected chi connectivity index (χ3v) is 11.4. The Bertz CT molecular complexity index is 1120. The van der Waals surface area contributed by atoms with E-state index < -0.39 is 8.32 Å². The monoisotopic (exact) mass is 530 g/mol. The Kier molecular flexibility index (Phi) is 12.5. The van der Waals surface area contributed by atoms with Crippen LogP contribution in [0.2, 0.25) is 5.04 Å². The first kappa shape index (κ1) is 31.0. The molecule has 0 saturated carbocycles. The topological polar surface area (TPSA) is 44.8 Å². The van der Waals surface area contributed by atoms with E-state index in [2.05, 4.69) is 81.1 Å². The summed E-state index contributed by atoms with van der Waals surface area (Å²) in [5, 5.41) is 2.46. The van der Waals surface area contributed by atoms with E-state index in [1.807, 2.05) is 37.3 Å². The van der Waals surface area contributed by atoms with E-state index in [1.165, 1.54) is 10.4 Å². The van der Waals surface area contributed by atoms with Crippen molar-refractivity contribution >= 4 is 24.7 Å². The molecule has 0 aliphatic rings. The van der Waals surface area contributed by atoms with Crippen LogP contribution in [0.15, 0.2) is 96.1 Å². The van der Waals surface area contributed by atoms with Gasteiger partial charge in [0.15, 0.2) is 0 Å². The first-order valence-electron chi connectivity index (χ1n) is 13.1. The molecule has 0 unspecified atom stereocenters. The Morgan fingerprint density at radius 1 is 0.974 bits per heavy atom. The highest BCUT2D eigenvalue weighted by atomic mass is 28.4. The van der Waals surface area contributed by atoms with Gasteiger partial charge < -0.3 is 13.9 Å². The highest BCUT2D eigenvalue weighted by Crippen LogP contribution is 2.36. The summed E-state index contributed by atoms with van der Waals surface area (Å²) >= 11 is 0. The standard InChI is InChI=1S/C33H42O4Si/c1-8-36-32(34)28(3)25-24-27(2)31(35-7)23-17-9-10-18-26-37-38(33(4,5)6,29-19-13-11-14-20-29)30-21-15-12-16-22-30/h10-16,18-22,24-25,31H,8,23,26H2,1-7H3/b18-10+,27-24-,28-25+/t31-/m1/s1. The van der Waals surface area contributed by atoms with E-state index >= 15 is 0 Å². The van der Waals surface area contributed by atoms with Gasteiger partial charge in [0, 0.05) is 19.1 Å². The summed E-state index contributed by atoms with van der Waals surface area (Å²) in [6.07, 6.45) is 7.88. The SMILES string of the molecule is CCOC(=O)/C(C)=C/C=C(/C)[C@@H](CC#C/C=C/CO[Si](c1ccccc1)(c1ccccc1)C(C)(C)C)OC. The van der Waals surface area contributed by atoms with Crippen LogP contribution in [0.3, 0.4) is 0 Å². The second-order valence-electron chi connectivity index (χ2n) is 10.1. The van der Waals surface area contributed by atoms with Gasteiger partial charge in [-0.1, -0.05) is 112 Å². The van der Waals surface area contributed by atoms with E-state index in [1.54, 1.807) is 27.0 Å². The van der Waals surface area contributed by atoms with Crippen molar-refractivity contribution in [2.24, 2.45) is 0 Å². The highest BCUT2D eigenvalue weighted by Gasteiger charge is 2.49. The number of esters is 1. The average Bonchev–Trinajstić information content (AvgIpc) is 2.91. The van der Waals surface area contributed by atoms with Crippen LogP contribution in [0.1, 0.15) is 48.0 Å². The summed E-state index contributed by atoms with van der Waals surface area (Å²) in [5.41, 5.74) is 1.54. The summed E-state index contributed by atoms with van der Waals surface area (Å²) in [7, 11) is -0.888. The predicted octanol–water partition coefficient (Wildman–Crippen LogP) is 5.98. The van der Waals surface area contributed by atoms with Crippen LogP contribution < -0.4 is 10.4 Å². The van der Waals surface area contributed by atoms with Gasteiger partial charge in [-0.3, -0.25) is 0 Å². The van der Waals surface area contributed by atoms with Crippen molar-refractivity contribution < 1.29 is 18.7 Å². The summed E-state index contributed by atoms with van der Waals surface area (Å²) in [6, 6.07) is 21.2. The fraction of sp³-hybridized carbons (Fsp3) is 0.364. The lowest BCUT2D eigenvalue weighted by atomic mass is 10.1. The van der Waals surface area contributed by atoms with Crippen LogP contribution in [0.4, 0.5) is 0 Å². The Balaban J connectivity index is 2.12. The molecule has 0 N–H and O–H groups in total. The van der Waals surface area contributed by atoms with Gasteiger partial charge in [-0.2, -0.15) is 0 Å². The molecular formula is C33H42O4Si. The van der Waals surface area contributed by atoms with Crippen molar-refractivity contribution in [3.05, 3.63) is 96.1 Å². The van der Waals surface area contributed by atoms with Crippen molar-refractivity contribution in [2.45, 2.75) is 59.1 Å². The van der Waals surface area contributed by atoms with E-state index in [9.17, 15) is 4.79 Å². The maximum atomic E-state index is 11.8. The summed E-state index contributed by atoms with van der Waals surface area (Å²) in [4.78, 5) is 11.8. The molecule has 38 heavy (non-hydrogen) atoms. The number of ether oxygens (including phenoxy) is 2. The quantitative estimate of drug-likeness (QED) is 0.118. The predicted molar refractivity (Wildman–Crippen MR) is 160 cm³/mol. The average molecular weight is 531 g/mol. The molecule has 5 heteroatoms. The minimum absolute atomic E-state index is 0.0646. The van der Waals surface area contributed by atoms with Crippen LogP contribution in [0.5, 0.6) is 0 Å². The molecule has 0 heterocycles. The van der Waals surface area contributed by atoms with Gasteiger partial charge in [0.05, 0.1) is 19.3 Å². The molecule has 2 rings (SSSR count). The van der Waals surface area contributed by atoms with E-state index in [-0.39, 0.29) is 17.1 Å². The largest absolute Gasteiger partial charge is 0.463 e. The number of carbonyl (C=O) groups excluding carboxylic acids is 1. The minimum Gasteiger partial charge on any atom is -0.463 e. The molecule has 202 valence electrons. The minimum atomic E-state index is -2.55. The molecule has 4 nitrogen and oxygen atoms in total. The number of hydrogen-bond acceptors (Lipinski definition) is 4. The molecule has 2 aromatic rings. The maximum absolute atomic E-state index is 11.8. The van der Waals surface area contributed by atoms with Gasteiger partial charge in [-0.25, -0.2) is 4.79 Å². The van der Waals surface area contributed by atoms with Crippen LogP contribution >= 0.6 is 0 Å². The van der Waals surface area contributed by atoms with Gasteiger partial charge in [-0.15, -0.1) is 0 Å². The van der Waals surface area contributed by atoms with Crippen molar-refractivity contribution in [1.29, 1.82) is 0 Å². The lowest BCUT2D eigenvalue weighted by molar-refractivity contribution is -0.138. The van der Waals surface area contributed by atoms with Gasteiger partial charge in [-0.05, 0) is 47.8 Å². The molecule has 0 aliphatic carbocycles. The normalized spacial score (nSPS) is 13.7. The fourth-order valence-electron chi connectivity index (χ4n) is 4.36. The molecule has 1 atom stereocenters. The van der Waals surface area contributed by atoms with Gasteiger partial charge in [0.1, 0.15) is 0 Å². The molecule has 0 aromatic heterocycles. The number of rotatable bonds is 11. The third-order valence-electron chi connectivity index (χ3n) is 6.39. The van der Waals surface area contributed by atoms with E-state index in [4.69, 9.17) is 13.9 Å². The lowest BCUT2D eigenvalue weighted by Crippen LogP contribution is -2.66. The molecule has 0 amide bonds. The second kappa shape index (κ2) is 15.3. The Morgan fingerprint density at radius 3 is 2.05 bits per heavy atom. The van der Waals surface area contributed by atoms with Crippen molar-refractivity contribution in [1.82, 2.24) is 0 Å². The summed E-state index contributed by atoms with van der Waals surface area (Å²) in [6.45, 7) is 13.2. The van der Waals surface area contributed by atoms with Gasteiger partial charge >= 0.3 is 5.97 Å². The van der Waals surface area contributed by atoms with Crippen LogP contribution in [-0.2, 0) is 18.7 Å². The molecule has 0 saturated heterocycles. The molecular weight excluding hydrogens is 488 g/mol. The smallest absolute Gasteiger partial charge is 0.333 e. The maximum Gasteiger partial charge on any atom is 0.333 e. The zero-order chi connectivity index (χ0) is 28.0. The number of methoxy groups -OCH3 is 1. The molecule has 0 aliphatic heterocycles. The summed E-state index contributed by atoms with van der Waals surface area (Å²) < 4.78 is 17.5. The van der Waals surface area contributed by atoms with E-state index in [0.29, 0.717) is 25.2 Å². The number of allylic oxidation sites excluding steroid dienone is 3. The molecule has 2 aromatic carbocycles. The third kappa shape index (κ3) is 8.42. The van der Waals surface area contributed by atoms with Crippen LogP contribution in [0, 0.1) is 11.8 Å². The molecule has 0 fully saturated rings. The summed E-state index contributed by atoms with van der Waals surface area (Å²) in [5.74, 6) is 5.99. The number of carbonyl (C=O) groups is 1. The van der Waals surface area contributed by atoms with Crippen molar-refractivity contribution in [3.8, 4) is 11.8 Å². The fourth-order valence-corrected chi connectivity index (χ4v) is 8.86. The van der Waals surface area contributed by atoms with Crippen LogP contribution in [0.25, 0.3) is 0 Å². The first-order chi connectivity index (χ1) is 18.2. The molecule has 0 radical (unpaired) electrons. The lowest BCUT2D eigenvalue weighted by Gasteiger charge is -2.42. The van der Waals surface area contributed by atoms with Gasteiger partial charge in [0.2, 0.25) is 0 Å².